The van der Waals surface area contributed by atoms with Gasteiger partial charge in [0, 0.05) is 37.6 Å². The van der Waals surface area contributed by atoms with Gasteiger partial charge in [0.25, 0.3) is 5.91 Å². The molecule has 3 aromatic heterocycles. The van der Waals surface area contributed by atoms with E-state index in [0.29, 0.717) is 28.5 Å². The number of hydrogen-bond donors (Lipinski definition) is 2. The lowest BCUT2D eigenvalue weighted by molar-refractivity contribution is 0.102. The average molecular weight is 439 g/mol. The van der Waals surface area contributed by atoms with E-state index in [4.69, 9.17) is 0 Å². The van der Waals surface area contributed by atoms with Crippen LogP contribution in [0.5, 0.6) is 0 Å². The quantitative estimate of drug-likeness (QED) is 0.508. The minimum Gasteiger partial charge on any atom is -0.369 e. The third-order valence-electron chi connectivity index (χ3n) is 5.70. The predicted octanol–water partition coefficient (Wildman–Crippen LogP) is 3.75. The molecular formula is C22H23FN6OS. The summed E-state index contributed by atoms with van der Waals surface area (Å²) in [5.41, 5.74) is 3.59. The van der Waals surface area contributed by atoms with Crippen LogP contribution < -0.4 is 15.5 Å². The van der Waals surface area contributed by atoms with Gasteiger partial charge in [0.05, 0.1) is 37.9 Å². The van der Waals surface area contributed by atoms with Crippen LogP contribution in [0.2, 0.25) is 0 Å². The molecule has 1 saturated heterocycles. The molecule has 160 valence electrons. The number of aryl methyl sites for hydroxylation is 2. The summed E-state index contributed by atoms with van der Waals surface area (Å²) in [4.78, 5) is 24.2. The lowest BCUT2D eigenvalue weighted by Crippen LogP contribution is -2.29. The lowest BCUT2D eigenvalue weighted by atomic mass is 10.1. The van der Waals surface area contributed by atoms with Crippen molar-refractivity contribution in [1.29, 1.82) is 0 Å². The highest BCUT2D eigenvalue weighted by molar-refractivity contribution is 7.19. The number of nitrogens with zero attached hydrogens (tertiary/aromatic N) is 4. The van der Waals surface area contributed by atoms with E-state index in [2.05, 4.69) is 25.5 Å². The fraction of sp³-hybridized carbons (Fsp3) is 0.318. The number of carbonyl (C=O) groups is 1. The van der Waals surface area contributed by atoms with Crippen LogP contribution in [0.4, 0.5) is 15.8 Å². The van der Waals surface area contributed by atoms with E-state index >= 15 is 0 Å². The molecule has 31 heavy (non-hydrogen) atoms. The van der Waals surface area contributed by atoms with Gasteiger partial charge in [-0.1, -0.05) is 0 Å². The number of thiazole rings is 1. The van der Waals surface area contributed by atoms with Crippen LogP contribution in [-0.2, 0) is 0 Å². The van der Waals surface area contributed by atoms with Gasteiger partial charge < -0.3 is 19.9 Å². The van der Waals surface area contributed by atoms with Crippen LogP contribution in [0.1, 0.15) is 27.5 Å². The van der Waals surface area contributed by atoms with Gasteiger partial charge in [0.15, 0.2) is 11.5 Å². The molecular weight excluding hydrogens is 415 g/mol. The van der Waals surface area contributed by atoms with Crippen LogP contribution in [0.3, 0.4) is 0 Å². The monoisotopic (exact) mass is 438 g/mol. The zero-order chi connectivity index (χ0) is 21.7. The van der Waals surface area contributed by atoms with Crippen molar-refractivity contribution in [3.63, 3.8) is 0 Å². The molecule has 1 atom stereocenters. The highest BCUT2D eigenvalue weighted by Gasteiger charge is 2.25. The Bertz CT molecular complexity index is 1310. The second kappa shape index (κ2) is 7.58. The Morgan fingerprint density at radius 1 is 1.26 bits per heavy atom. The minimum absolute atomic E-state index is 0.239. The first kappa shape index (κ1) is 19.9. The van der Waals surface area contributed by atoms with E-state index in [0.717, 1.165) is 34.9 Å². The zero-order valence-corrected chi connectivity index (χ0v) is 18.4. The van der Waals surface area contributed by atoms with E-state index in [1.807, 2.05) is 26.1 Å². The number of fused-ring (bicyclic) bond motifs is 2. The highest BCUT2D eigenvalue weighted by atomic mass is 32.1. The Labute approximate surface area is 182 Å². The number of hydrogen-bond acceptors (Lipinski definition) is 6. The summed E-state index contributed by atoms with van der Waals surface area (Å²) < 4.78 is 17.0. The maximum atomic E-state index is 14.4. The third-order valence-corrected chi connectivity index (χ3v) is 6.69. The molecule has 0 spiro atoms. The Morgan fingerprint density at radius 2 is 2.10 bits per heavy atom. The average Bonchev–Trinajstić information content (AvgIpc) is 3.44. The second-order valence-electron chi connectivity index (χ2n) is 7.91. The number of anilines is 2. The van der Waals surface area contributed by atoms with Crippen molar-refractivity contribution in [3.8, 4) is 0 Å². The van der Waals surface area contributed by atoms with Crippen molar-refractivity contribution < 1.29 is 9.18 Å². The van der Waals surface area contributed by atoms with Crippen molar-refractivity contribution in [3.05, 3.63) is 52.7 Å². The highest BCUT2D eigenvalue weighted by Crippen LogP contribution is 2.36. The second-order valence-corrected chi connectivity index (χ2v) is 9.11. The van der Waals surface area contributed by atoms with E-state index in [9.17, 15) is 9.18 Å². The Hall–Kier alpha value is -3.04. The molecule has 4 aromatic rings. The number of amides is 1. The predicted molar refractivity (Wildman–Crippen MR) is 122 cm³/mol. The molecule has 2 N–H and O–H groups in total. The molecule has 4 heterocycles. The molecule has 5 rings (SSSR count). The molecule has 1 fully saturated rings. The van der Waals surface area contributed by atoms with Gasteiger partial charge in [-0.2, -0.15) is 0 Å². The van der Waals surface area contributed by atoms with Crippen molar-refractivity contribution >= 4 is 44.5 Å². The summed E-state index contributed by atoms with van der Waals surface area (Å²) in [5.74, 6) is -0.795. The van der Waals surface area contributed by atoms with Gasteiger partial charge in [-0.3, -0.25) is 4.79 Å². The molecule has 7 nitrogen and oxygen atoms in total. The number of carbonyl (C=O) groups excluding carboxylic acids is 1. The maximum Gasteiger partial charge on any atom is 0.257 e. The first-order chi connectivity index (χ1) is 14.9. The standard InChI is InChI=1S/C22H23FN6OS/c1-12-9-29-11-15(8-17(23)21(29)25-12)27-22(30)16-4-5-18(20-19(16)26-13(2)31-20)28-7-6-14(10-28)24-3/h4-5,8-9,11,14,24H,6-7,10H2,1-3H3,(H,27,30). The van der Waals surface area contributed by atoms with Crippen molar-refractivity contribution in [2.75, 3.05) is 30.4 Å². The first-order valence-electron chi connectivity index (χ1n) is 10.2. The summed E-state index contributed by atoms with van der Waals surface area (Å²) in [5, 5.41) is 7.06. The van der Waals surface area contributed by atoms with Crippen LogP contribution in [0, 0.1) is 19.7 Å². The molecule has 0 saturated carbocycles. The summed E-state index contributed by atoms with van der Waals surface area (Å²) in [6, 6.07) is 5.56. The molecule has 1 aliphatic rings. The van der Waals surface area contributed by atoms with Crippen molar-refractivity contribution in [2.45, 2.75) is 26.3 Å². The fourth-order valence-electron chi connectivity index (χ4n) is 4.19. The summed E-state index contributed by atoms with van der Waals surface area (Å²) in [6.07, 6.45) is 4.47. The van der Waals surface area contributed by atoms with Gasteiger partial charge in [-0.25, -0.2) is 14.4 Å². The van der Waals surface area contributed by atoms with E-state index in [-0.39, 0.29) is 11.6 Å². The van der Waals surface area contributed by atoms with E-state index in [1.165, 1.54) is 6.07 Å². The number of likely N-dealkylation sites (N-methyl/N-ethyl adjacent to an activating group) is 1. The number of halogens is 1. The minimum atomic E-state index is -0.482. The van der Waals surface area contributed by atoms with Crippen molar-refractivity contribution in [2.24, 2.45) is 0 Å². The molecule has 0 aliphatic carbocycles. The molecule has 1 unspecified atom stereocenters. The smallest absolute Gasteiger partial charge is 0.257 e. The van der Waals surface area contributed by atoms with Gasteiger partial charge in [0.1, 0.15) is 0 Å². The van der Waals surface area contributed by atoms with Crippen LogP contribution in [-0.4, -0.2) is 46.5 Å². The van der Waals surface area contributed by atoms with E-state index in [1.54, 1.807) is 35.1 Å². The summed E-state index contributed by atoms with van der Waals surface area (Å²) >= 11 is 1.59. The number of aromatic nitrogens is 3. The molecule has 1 amide bonds. The van der Waals surface area contributed by atoms with E-state index < -0.39 is 5.82 Å². The Kier molecular flexibility index (Phi) is 4.86. The largest absolute Gasteiger partial charge is 0.369 e. The van der Waals surface area contributed by atoms with Crippen LogP contribution in [0.15, 0.2) is 30.6 Å². The van der Waals surface area contributed by atoms with Crippen molar-refractivity contribution in [1.82, 2.24) is 19.7 Å². The number of imidazole rings is 1. The Balaban J connectivity index is 1.49. The number of benzene rings is 1. The number of pyridine rings is 1. The maximum absolute atomic E-state index is 14.4. The van der Waals surface area contributed by atoms with Crippen LogP contribution >= 0.6 is 11.3 Å². The SMILES string of the molecule is CNC1CCN(c2ccc(C(=O)Nc3cc(F)c4nc(C)cn4c3)c3nc(C)sc23)C1. The van der Waals surface area contributed by atoms with Crippen LogP contribution in [0.25, 0.3) is 15.9 Å². The van der Waals surface area contributed by atoms with Gasteiger partial charge in [-0.05, 0) is 39.4 Å². The molecule has 1 aromatic carbocycles. The fourth-order valence-corrected chi connectivity index (χ4v) is 5.18. The molecule has 0 bridgehead atoms. The van der Waals surface area contributed by atoms with Gasteiger partial charge in [0.2, 0.25) is 0 Å². The Morgan fingerprint density at radius 3 is 2.87 bits per heavy atom. The topological polar surface area (TPSA) is 74.6 Å². The number of rotatable bonds is 4. The number of nitrogens with one attached hydrogen (secondary N) is 2. The third kappa shape index (κ3) is 3.53. The normalized spacial score (nSPS) is 16.5. The molecule has 0 radical (unpaired) electrons. The molecule has 1 aliphatic heterocycles. The lowest BCUT2D eigenvalue weighted by Gasteiger charge is -2.20. The van der Waals surface area contributed by atoms with Gasteiger partial charge >= 0.3 is 0 Å². The summed E-state index contributed by atoms with van der Waals surface area (Å²) in [7, 11) is 1.99. The summed E-state index contributed by atoms with van der Waals surface area (Å²) in [6.45, 7) is 5.64. The molecule has 9 heteroatoms. The zero-order valence-electron chi connectivity index (χ0n) is 17.6. The van der Waals surface area contributed by atoms with Gasteiger partial charge in [-0.15, -0.1) is 11.3 Å². The first-order valence-corrected chi connectivity index (χ1v) is 11.0.